The van der Waals surface area contributed by atoms with Gasteiger partial charge in [0.25, 0.3) is 0 Å². The normalized spacial score (nSPS) is 45.3. The van der Waals surface area contributed by atoms with Gasteiger partial charge in [-0.25, -0.2) is 0 Å². The highest BCUT2D eigenvalue weighted by atomic mass is 35.5. The topological polar surface area (TPSA) is 26.3 Å². The van der Waals surface area contributed by atoms with Crippen molar-refractivity contribution in [2.24, 2.45) is 11.8 Å². The Morgan fingerprint density at radius 1 is 1.50 bits per heavy atom. The standard InChI is InChI=1S/C7H9ClO2/c8-6-4-1-2-5(6)7(9)10-3-4/h4-6H,1-3H2. The van der Waals surface area contributed by atoms with Gasteiger partial charge >= 0.3 is 5.97 Å². The van der Waals surface area contributed by atoms with Gasteiger partial charge in [0.2, 0.25) is 0 Å². The lowest BCUT2D eigenvalue weighted by Gasteiger charge is -2.23. The molecule has 1 heterocycles. The minimum atomic E-state index is -0.0891. The van der Waals surface area contributed by atoms with Crippen LogP contribution >= 0.6 is 11.6 Å². The van der Waals surface area contributed by atoms with Crippen molar-refractivity contribution in [2.45, 2.75) is 18.2 Å². The van der Waals surface area contributed by atoms with Crippen LogP contribution in [-0.2, 0) is 9.53 Å². The van der Waals surface area contributed by atoms with E-state index >= 15 is 0 Å². The maximum Gasteiger partial charge on any atom is 0.310 e. The molecule has 0 aromatic rings. The number of ether oxygens (including phenoxy) is 1. The minimum Gasteiger partial charge on any atom is -0.465 e. The number of fused-ring (bicyclic) bond motifs is 2. The maximum atomic E-state index is 11.0. The highest BCUT2D eigenvalue weighted by molar-refractivity contribution is 6.22. The number of carbonyl (C=O) groups excluding carboxylic acids is 1. The number of hydrogen-bond donors (Lipinski definition) is 0. The van der Waals surface area contributed by atoms with E-state index < -0.39 is 0 Å². The Hall–Kier alpha value is -0.240. The molecule has 1 aliphatic carbocycles. The quantitative estimate of drug-likeness (QED) is 0.393. The van der Waals surface area contributed by atoms with Crippen LogP contribution in [0.25, 0.3) is 0 Å². The monoisotopic (exact) mass is 160 g/mol. The van der Waals surface area contributed by atoms with Gasteiger partial charge in [-0.1, -0.05) is 0 Å². The van der Waals surface area contributed by atoms with Crippen molar-refractivity contribution in [2.75, 3.05) is 6.61 Å². The van der Waals surface area contributed by atoms with E-state index in [4.69, 9.17) is 16.3 Å². The zero-order valence-electron chi connectivity index (χ0n) is 5.55. The van der Waals surface area contributed by atoms with Crippen LogP contribution in [0.3, 0.4) is 0 Å². The maximum absolute atomic E-state index is 11.0. The number of esters is 1. The molecule has 1 saturated heterocycles. The van der Waals surface area contributed by atoms with Gasteiger partial charge in [-0.05, 0) is 12.8 Å². The van der Waals surface area contributed by atoms with Crippen LogP contribution in [0.4, 0.5) is 0 Å². The highest BCUT2D eigenvalue weighted by Gasteiger charge is 2.44. The van der Waals surface area contributed by atoms with Gasteiger partial charge < -0.3 is 4.74 Å². The van der Waals surface area contributed by atoms with E-state index in [-0.39, 0.29) is 17.3 Å². The van der Waals surface area contributed by atoms with Crippen molar-refractivity contribution in [3.8, 4) is 0 Å². The predicted molar refractivity (Wildman–Crippen MR) is 36.8 cm³/mol. The van der Waals surface area contributed by atoms with Gasteiger partial charge in [0, 0.05) is 5.92 Å². The molecule has 0 amide bonds. The van der Waals surface area contributed by atoms with Gasteiger partial charge in [-0.3, -0.25) is 4.79 Å². The number of rotatable bonds is 0. The molecule has 2 fully saturated rings. The van der Waals surface area contributed by atoms with Crippen molar-refractivity contribution in [3.63, 3.8) is 0 Å². The second kappa shape index (κ2) is 2.12. The molecule has 0 aromatic carbocycles. The van der Waals surface area contributed by atoms with Crippen molar-refractivity contribution in [3.05, 3.63) is 0 Å². The van der Waals surface area contributed by atoms with E-state index in [1.54, 1.807) is 0 Å². The fourth-order valence-electron chi connectivity index (χ4n) is 1.76. The molecular formula is C7H9ClO2. The third kappa shape index (κ3) is 0.749. The molecule has 10 heavy (non-hydrogen) atoms. The summed E-state index contributed by atoms with van der Waals surface area (Å²) in [6.07, 6.45) is 1.99. The third-order valence-corrected chi connectivity index (χ3v) is 3.09. The largest absolute Gasteiger partial charge is 0.465 e. The van der Waals surface area contributed by atoms with Crippen LogP contribution in [0.5, 0.6) is 0 Å². The number of halogens is 1. The molecule has 0 spiro atoms. The summed E-state index contributed by atoms with van der Waals surface area (Å²) in [6, 6.07) is 0. The van der Waals surface area contributed by atoms with E-state index in [2.05, 4.69) is 0 Å². The van der Waals surface area contributed by atoms with Gasteiger partial charge in [-0.15, -0.1) is 11.6 Å². The SMILES string of the molecule is O=C1OCC2CCC1C2Cl. The van der Waals surface area contributed by atoms with E-state index in [1.807, 2.05) is 0 Å². The zero-order valence-corrected chi connectivity index (χ0v) is 6.30. The molecule has 56 valence electrons. The van der Waals surface area contributed by atoms with Gasteiger partial charge in [0.05, 0.1) is 17.9 Å². The first-order chi connectivity index (χ1) is 4.79. The Morgan fingerprint density at radius 3 is 3.00 bits per heavy atom. The molecule has 0 N–H and O–H groups in total. The first-order valence-corrected chi connectivity index (χ1v) is 4.03. The fraction of sp³-hybridized carbons (Fsp3) is 0.857. The second-order valence-corrected chi connectivity index (χ2v) is 3.52. The van der Waals surface area contributed by atoms with Gasteiger partial charge in [-0.2, -0.15) is 0 Å². The van der Waals surface area contributed by atoms with Crippen LogP contribution in [-0.4, -0.2) is 18.0 Å². The summed E-state index contributed by atoms with van der Waals surface area (Å²) >= 11 is 5.97. The number of hydrogen-bond acceptors (Lipinski definition) is 2. The Balaban J connectivity index is 2.20. The molecule has 3 atom stereocenters. The minimum absolute atomic E-state index is 0.000386. The Kier molecular flexibility index (Phi) is 1.37. The summed E-state index contributed by atoms with van der Waals surface area (Å²) in [5.41, 5.74) is 0. The van der Waals surface area contributed by atoms with Crippen LogP contribution in [0.1, 0.15) is 12.8 Å². The zero-order chi connectivity index (χ0) is 7.14. The van der Waals surface area contributed by atoms with E-state index in [0.717, 1.165) is 12.8 Å². The first kappa shape index (κ1) is 6.47. The van der Waals surface area contributed by atoms with Crippen molar-refractivity contribution >= 4 is 17.6 Å². The molecule has 3 unspecified atom stereocenters. The molecule has 2 aliphatic rings. The third-order valence-electron chi connectivity index (χ3n) is 2.43. The fourth-order valence-corrected chi connectivity index (χ4v) is 2.19. The summed E-state index contributed by atoms with van der Waals surface area (Å²) in [5, 5.41) is 0.0567. The average Bonchev–Trinajstić information content (AvgIpc) is 2.13. The second-order valence-electron chi connectivity index (χ2n) is 3.02. The van der Waals surface area contributed by atoms with Crippen LogP contribution < -0.4 is 0 Å². The van der Waals surface area contributed by atoms with Crippen molar-refractivity contribution in [1.29, 1.82) is 0 Å². The van der Waals surface area contributed by atoms with Crippen molar-refractivity contribution < 1.29 is 9.53 Å². The summed E-state index contributed by atoms with van der Waals surface area (Å²) in [6.45, 7) is 0.545. The molecule has 2 nitrogen and oxygen atoms in total. The van der Waals surface area contributed by atoms with E-state index in [9.17, 15) is 4.79 Å². The lowest BCUT2D eigenvalue weighted by atomic mass is 10.0. The highest BCUT2D eigenvalue weighted by Crippen LogP contribution is 2.39. The molecule has 0 radical (unpaired) electrons. The number of alkyl halides is 1. The van der Waals surface area contributed by atoms with Crippen LogP contribution in [0, 0.1) is 11.8 Å². The van der Waals surface area contributed by atoms with Gasteiger partial charge in [0.15, 0.2) is 0 Å². The number of carbonyl (C=O) groups is 1. The Morgan fingerprint density at radius 2 is 2.30 bits per heavy atom. The number of cyclic esters (lactones) is 1. The predicted octanol–water partition coefficient (Wildman–Crippen LogP) is 1.18. The smallest absolute Gasteiger partial charge is 0.310 e. The molecule has 1 aliphatic heterocycles. The summed E-state index contributed by atoms with van der Waals surface area (Å²) in [5.74, 6) is 0.346. The van der Waals surface area contributed by atoms with E-state index in [1.165, 1.54) is 0 Å². The molecule has 2 rings (SSSR count). The Bertz CT molecular complexity index is 169. The van der Waals surface area contributed by atoms with Crippen molar-refractivity contribution in [1.82, 2.24) is 0 Å². The lowest BCUT2D eigenvalue weighted by Crippen LogP contribution is -2.33. The molecular weight excluding hydrogens is 152 g/mol. The molecule has 0 aromatic heterocycles. The van der Waals surface area contributed by atoms with Crippen LogP contribution in [0.15, 0.2) is 0 Å². The van der Waals surface area contributed by atoms with Gasteiger partial charge in [0.1, 0.15) is 0 Å². The van der Waals surface area contributed by atoms with Crippen LogP contribution in [0.2, 0.25) is 0 Å². The summed E-state index contributed by atoms with van der Waals surface area (Å²) < 4.78 is 4.91. The summed E-state index contributed by atoms with van der Waals surface area (Å²) in [4.78, 5) is 11.0. The average molecular weight is 161 g/mol. The summed E-state index contributed by atoms with van der Waals surface area (Å²) in [7, 11) is 0. The molecule has 2 bridgehead atoms. The molecule has 3 heteroatoms. The lowest BCUT2D eigenvalue weighted by molar-refractivity contribution is -0.152. The first-order valence-electron chi connectivity index (χ1n) is 3.60. The Labute approximate surface area is 64.5 Å². The molecule has 1 saturated carbocycles. The van der Waals surface area contributed by atoms with E-state index in [0.29, 0.717) is 12.5 Å².